The standard InChI is InChI=1S/C16H18Cl2N4O3S/c1-7-5-9(21-14(23)13-12(18)11(17)8(2)20-13)3-4-22(7)16-19-6-10(26-16)15(24)25/h6-7,9,20H,3-5H2,1-2H3,(H,21,23)(H,24,25). The van der Waals surface area contributed by atoms with Crippen molar-refractivity contribution >= 4 is 51.5 Å². The van der Waals surface area contributed by atoms with Crippen molar-refractivity contribution in [3.63, 3.8) is 0 Å². The number of hydrogen-bond acceptors (Lipinski definition) is 5. The Morgan fingerprint density at radius 3 is 2.69 bits per heavy atom. The molecule has 3 N–H and O–H groups in total. The molecule has 26 heavy (non-hydrogen) atoms. The van der Waals surface area contributed by atoms with Crippen LogP contribution in [0.15, 0.2) is 6.20 Å². The molecule has 3 heterocycles. The Morgan fingerprint density at radius 1 is 1.42 bits per heavy atom. The minimum Gasteiger partial charge on any atom is -0.477 e. The molecule has 0 saturated carbocycles. The van der Waals surface area contributed by atoms with E-state index in [4.69, 9.17) is 28.3 Å². The average molecular weight is 417 g/mol. The molecule has 2 aromatic rings. The molecular weight excluding hydrogens is 399 g/mol. The maximum Gasteiger partial charge on any atom is 0.347 e. The van der Waals surface area contributed by atoms with Crippen LogP contribution in [0.1, 0.15) is 45.6 Å². The molecule has 0 spiro atoms. The molecule has 7 nitrogen and oxygen atoms in total. The predicted octanol–water partition coefficient (Wildman–Crippen LogP) is 3.57. The highest BCUT2D eigenvalue weighted by Gasteiger charge is 2.30. The first-order valence-corrected chi connectivity index (χ1v) is 9.65. The maximum atomic E-state index is 12.5. The van der Waals surface area contributed by atoms with Gasteiger partial charge >= 0.3 is 5.97 Å². The summed E-state index contributed by atoms with van der Waals surface area (Å²) in [4.78, 5) is 32.9. The summed E-state index contributed by atoms with van der Waals surface area (Å²) in [5.74, 6) is -1.25. The zero-order valence-corrected chi connectivity index (χ0v) is 16.5. The van der Waals surface area contributed by atoms with E-state index in [1.807, 2.05) is 6.92 Å². The second-order valence-corrected chi connectivity index (χ2v) is 8.07. The molecule has 1 aliphatic heterocycles. The number of thiazole rings is 1. The van der Waals surface area contributed by atoms with E-state index in [1.165, 1.54) is 6.20 Å². The number of amides is 1. The lowest BCUT2D eigenvalue weighted by Crippen LogP contribution is -2.49. The number of nitrogens with one attached hydrogen (secondary N) is 2. The third kappa shape index (κ3) is 3.67. The van der Waals surface area contributed by atoms with Crippen molar-refractivity contribution in [1.82, 2.24) is 15.3 Å². The van der Waals surface area contributed by atoms with Crippen LogP contribution in [0.3, 0.4) is 0 Å². The predicted molar refractivity (Wildman–Crippen MR) is 102 cm³/mol. The molecule has 10 heteroatoms. The van der Waals surface area contributed by atoms with Gasteiger partial charge in [-0.1, -0.05) is 34.5 Å². The number of hydrogen-bond donors (Lipinski definition) is 3. The molecule has 1 fully saturated rings. The van der Waals surface area contributed by atoms with E-state index < -0.39 is 5.97 Å². The third-order valence-electron chi connectivity index (χ3n) is 4.44. The summed E-state index contributed by atoms with van der Waals surface area (Å²) in [6, 6.07) is 0.109. The van der Waals surface area contributed by atoms with Gasteiger partial charge in [-0.15, -0.1) is 0 Å². The molecule has 0 aliphatic carbocycles. The van der Waals surface area contributed by atoms with Gasteiger partial charge in [0.1, 0.15) is 10.6 Å². The fourth-order valence-electron chi connectivity index (χ4n) is 3.07. The lowest BCUT2D eigenvalue weighted by molar-refractivity contribution is 0.0701. The average Bonchev–Trinajstić information content (AvgIpc) is 3.16. The number of aromatic amines is 1. The van der Waals surface area contributed by atoms with Crippen molar-refractivity contribution in [3.05, 3.63) is 32.5 Å². The highest BCUT2D eigenvalue weighted by molar-refractivity contribution is 7.17. The zero-order chi connectivity index (χ0) is 19.0. The lowest BCUT2D eigenvalue weighted by Gasteiger charge is -2.37. The summed E-state index contributed by atoms with van der Waals surface area (Å²) in [6.07, 6.45) is 2.82. The number of nitrogens with zero attached hydrogens (tertiary/aromatic N) is 2. The highest BCUT2D eigenvalue weighted by Crippen LogP contribution is 2.31. The monoisotopic (exact) mass is 416 g/mol. The molecule has 2 unspecified atom stereocenters. The number of carboxylic acids is 1. The van der Waals surface area contributed by atoms with Crippen LogP contribution in [0.2, 0.25) is 10.0 Å². The van der Waals surface area contributed by atoms with Gasteiger partial charge in [-0.25, -0.2) is 9.78 Å². The van der Waals surface area contributed by atoms with Crippen LogP contribution in [-0.4, -0.2) is 45.6 Å². The molecule has 1 amide bonds. The van der Waals surface area contributed by atoms with E-state index in [-0.39, 0.29) is 33.6 Å². The minimum absolute atomic E-state index is 0.00824. The molecule has 1 aliphatic rings. The molecular formula is C16H18Cl2N4O3S. The molecule has 3 rings (SSSR count). The number of rotatable bonds is 4. The van der Waals surface area contributed by atoms with Crippen LogP contribution in [0, 0.1) is 6.92 Å². The fourth-order valence-corrected chi connectivity index (χ4v) is 4.37. The van der Waals surface area contributed by atoms with Crippen LogP contribution >= 0.6 is 34.5 Å². The van der Waals surface area contributed by atoms with Gasteiger partial charge in [-0.05, 0) is 26.7 Å². The van der Waals surface area contributed by atoms with Gasteiger partial charge in [0.15, 0.2) is 5.13 Å². The summed E-state index contributed by atoms with van der Waals surface area (Å²) in [6.45, 7) is 4.46. The Bertz CT molecular complexity index is 851. The van der Waals surface area contributed by atoms with Crippen LogP contribution in [0.5, 0.6) is 0 Å². The van der Waals surface area contributed by atoms with Crippen molar-refractivity contribution in [1.29, 1.82) is 0 Å². The largest absolute Gasteiger partial charge is 0.477 e. The first kappa shape index (κ1) is 19.0. The summed E-state index contributed by atoms with van der Waals surface area (Å²) in [7, 11) is 0. The highest BCUT2D eigenvalue weighted by atomic mass is 35.5. The van der Waals surface area contributed by atoms with Crippen LogP contribution in [0.25, 0.3) is 0 Å². The topological polar surface area (TPSA) is 98.3 Å². The van der Waals surface area contributed by atoms with E-state index in [0.29, 0.717) is 22.4 Å². The molecule has 0 bridgehead atoms. The van der Waals surface area contributed by atoms with Crippen LogP contribution in [0.4, 0.5) is 5.13 Å². The fraction of sp³-hybridized carbons (Fsp3) is 0.438. The van der Waals surface area contributed by atoms with E-state index in [1.54, 1.807) is 6.92 Å². The van der Waals surface area contributed by atoms with E-state index in [2.05, 4.69) is 20.2 Å². The number of aromatic carboxylic acids is 1. The smallest absolute Gasteiger partial charge is 0.347 e. The summed E-state index contributed by atoms with van der Waals surface area (Å²) in [5, 5.41) is 13.3. The zero-order valence-electron chi connectivity index (χ0n) is 14.2. The Labute approximate surface area is 164 Å². The Hall–Kier alpha value is -1.77. The third-order valence-corrected chi connectivity index (χ3v) is 6.41. The Balaban J connectivity index is 1.63. The number of aryl methyl sites for hydroxylation is 1. The van der Waals surface area contributed by atoms with Crippen LogP contribution < -0.4 is 10.2 Å². The number of piperidine rings is 1. The Morgan fingerprint density at radius 2 is 2.15 bits per heavy atom. The molecule has 0 aromatic carbocycles. The van der Waals surface area contributed by atoms with Crippen LogP contribution in [-0.2, 0) is 0 Å². The number of aromatic nitrogens is 2. The van der Waals surface area contributed by atoms with Gasteiger partial charge in [0.25, 0.3) is 5.91 Å². The van der Waals surface area contributed by atoms with Gasteiger partial charge in [0.2, 0.25) is 0 Å². The number of carbonyl (C=O) groups is 2. The second kappa shape index (κ2) is 7.46. The van der Waals surface area contributed by atoms with Crippen molar-refractivity contribution < 1.29 is 14.7 Å². The normalized spacial score (nSPS) is 20.2. The van der Waals surface area contributed by atoms with Gasteiger partial charge in [-0.3, -0.25) is 4.79 Å². The Kier molecular flexibility index (Phi) is 5.45. The number of anilines is 1. The summed E-state index contributed by atoms with van der Waals surface area (Å²) >= 11 is 13.3. The molecule has 2 aromatic heterocycles. The molecule has 0 radical (unpaired) electrons. The van der Waals surface area contributed by atoms with E-state index in [0.717, 1.165) is 24.2 Å². The number of carboxylic acid groups (broad SMARTS) is 1. The minimum atomic E-state index is -0.972. The van der Waals surface area contributed by atoms with Gasteiger partial charge in [0.05, 0.1) is 16.2 Å². The van der Waals surface area contributed by atoms with Crippen molar-refractivity contribution in [2.75, 3.05) is 11.4 Å². The van der Waals surface area contributed by atoms with Crippen molar-refractivity contribution in [3.8, 4) is 0 Å². The number of halogens is 2. The second-order valence-electron chi connectivity index (χ2n) is 6.30. The van der Waals surface area contributed by atoms with Gasteiger partial charge in [-0.2, -0.15) is 0 Å². The van der Waals surface area contributed by atoms with Crippen molar-refractivity contribution in [2.45, 2.75) is 38.8 Å². The van der Waals surface area contributed by atoms with E-state index in [9.17, 15) is 9.59 Å². The van der Waals surface area contributed by atoms with Gasteiger partial charge in [0, 0.05) is 24.3 Å². The molecule has 2 atom stereocenters. The number of H-pyrrole nitrogens is 1. The first-order valence-electron chi connectivity index (χ1n) is 8.08. The molecule has 140 valence electrons. The lowest BCUT2D eigenvalue weighted by atomic mass is 9.98. The molecule has 1 saturated heterocycles. The van der Waals surface area contributed by atoms with Gasteiger partial charge < -0.3 is 20.3 Å². The van der Waals surface area contributed by atoms with E-state index >= 15 is 0 Å². The van der Waals surface area contributed by atoms with Crippen molar-refractivity contribution in [2.24, 2.45) is 0 Å². The summed E-state index contributed by atoms with van der Waals surface area (Å²) in [5.41, 5.74) is 0.929. The number of carbonyl (C=O) groups excluding carboxylic acids is 1. The quantitative estimate of drug-likeness (QED) is 0.707. The SMILES string of the molecule is Cc1[nH]c(C(=O)NC2CCN(c3ncc(C(=O)O)s3)C(C)C2)c(Cl)c1Cl. The summed E-state index contributed by atoms with van der Waals surface area (Å²) < 4.78 is 0. The first-order chi connectivity index (χ1) is 12.3. The maximum absolute atomic E-state index is 12.5.